The second kappa shape index (κ2) is 3.96. The van der Waals surface area contributed by atoms with E-state index in [0.29, 0.717) is 6.61 Å². The Balaban J connectivity index is 2.22. The van der Waals surface area contributed by atoms with Gasteiger partial charge < -0.3 is 9.72 Å². The van der Waals surface area contributed by atoms with Gasteiger partial charge in [-0.25, -0.2) is 4.98 Å². The van der Waals surface area contributed by atoms with Gasteiger partial charge in [-0.1, -0.05) is 0 Å². The summed E-state index contributed by atoms with van der Waals surface area (Å²) in [5.41, 5.74) is 1.07. The monoisotopic (exact) mass is 188 g/mol. The largest absolute Gasteiger partial charge is 0.494 e. The molecule has 0 spiro atoms. The normalized spacial score (nSPS) is 10.1. The molecule has 3 heteroatoms. The molecule has 1 N–H and O–H groups in total. The van der Waals surface area contributed by atoms with Crippen molar-refractivity contribution < 1.29 is 4.74 Å². The van der Waals surface area contributed by atoms with Crippen LogP contribution in [0.1, 0.15) is 6.92 Å². The van der Waals surface area contributed by atoms with Gasteiger partial charge in [-0.15, -0.1) is 0 Å². The molecule has 0 amide bonds. The summed E-state index contributed by atoms with van der Waals surface area (Å²) in [7, 11) is 0. The van der Waals surface area contributed by atoms with Crippen molar-refractivity contribution in [2.24, 2.45) is 0 Å². The molecule has 1 aromatic carbocycles. The maximum atomic E-state index is 5.35. The van der Waals surface area contributed by atoms with E-state index in [-0.39, 0.29) is 0 Å². The number of H-pyrrole nitrogens is 1. The van der Waals surface area contributed by atoms with Crippen molar-refractivity contribution in [3.63, 3.8) is 0 Å². The molecule has 1 heterocycles. The summed E-state index contributed by atoms with van der Waals surface area (Å²) < 4.78 is 5.35. The minimum Gasteiger partial charge on any atom is -0.494 e. The second-order valence-corrected chi connectivity index (χ2v) is 2.90. The molecule has 0 atom stereocenters. The van der Waals surface area contributed by atoms with E-state index in [1.807, 2.05) is 37.4 Å². The van der Waals surface area contributed by atoms with E-state index in [1.54, 1.807) is 6.20 Å². The fourth-order valence-corrected chi connectivity index (χ4v) is 1.30. The lowest BCUT2D eigenvalue weighted by molar-refractivity contribution is 0.340. The molecule has 0 saturated carbocycles. The van der Waals surface area contributed by atoms with Crippen LogP contribution < -0.4 is 4.74 Å². The molecule has 0 fully saturated rings. The molecule has 72 valence electrons. The molecule has 0 unspecified atom stereocenters. The van der Waals surface area contributed by atoms with Crippen LogP contribution in [0, 0.1) is 0 Å². The Hall–Kier alpha value is -1.77. The molecular weight excluding hydrogens is 176 g/mol. The first kappa shape index (κ1) is 8.81. The van der Waals surface area contributed by atoms with Gasteiger partial charge in [0.15, 0.2) is 0 Å². The van der Waals surface area contributed by atoms with Crippen LogP contribution in [0.25, 0.3) is 11.4 Å². The highest BCUT2D eigenvalue weighted by Crippen LogP contribution is 2.18. The number of hydrogen-bond donors (Lipinski definition) is 1. The number of imidazole rings is 1. The highest BCUT2D eigenvalue weighted by Gasteiger charge is 1.99. The molecule has 2 rings (SSSR count). The number of aromatic nitrogens is 2. The van der Waals surface area contributed by atoms with Crippen LogP contribution in [-0.4, -0.2) is 16.6 Å². The van der Waals surface area contributed by atoms with Crippen LogP contribution in [0.3, 0.4) is 0 Å². The summed E-state index contributed by atoms with van der Waals surface area (Å²) in [6, 6.07) is 7.87. The average Bonchev–Trinajstić information content (AvgIpc) is 2.72. The summed E-state index contributed by atoms with van der Waals surface area (Å²) in [6.07, 6.45) is 3.55. The van der Waals surface area contributed by atoms with Crippen LogP contribution in [0.4, 0.5) is 0 Å². The van der Waals surface area contributed by atoms with Gasteiger partial charge in [-0.2, -0.15) is 0 Å². The van der Waals surface area contributed by atoms with E-state index in [9.17, 15) is 0 Å². The molecule has 1 aromatic heterocycles. The number of ether oxygens (including phenoxy) is 1. The molecule has 0 aliphatic carbocycles. The maximum absolute atomic E-state index is 5.35. The van der Waals surface area contributed by atoms with Crippen molar-refractivity contribution in [3.05, 3.63) is 36.7 Å². The highest BCUT2D eigenvalue weighted by atomic mass is 16.5. The van der Waals surface area contributed by atoms with E-state index < -0.39 is 0 Å². The standard InChI is InChI=1S/C11H12N2O/c1-2-14-10-5-3-9(4-6-10)11-12-7-8-13-11/h3-8H,2H2,1H3,(H,12,13). The predicted molar refractivity (Wildman–Crippen MR) is 55.2 cm³/mol. The Bertz CT molecular complexity index is 378. The van der Waals surface area contributed by atoms with Crippen LogP contribution >= 0.6 is 0 Å². The van der Waals surface area contributed by atoms with Crippen LogP contribution in [0.2, 0.25) is 0 Å². The summed E-state index contributed by atoms with van der Waals surface area (Å²) in [6.45, 7) is 2.67. The second-order valence-electron chi connectivity index (χ2n) is 2.90. The van der Waals surface area contributed by atoms with Crippen molar-refractivity contribution in [2.75, 3.05) is 6.61 Å². The van der Waals surface area contributed by atoms with Gasteiger partial charge in [0.1, 0.15) is 11.6 Å². The van der Waals surface area contributed by atoms with E-state index >= 15 is 0 Å². The summed E-state index contributed by atoms with van der Waals surface area (Å²) >= 11 is 0. The Morgan fingerprint density at radius 2 is 2.07 bits per heavy atom. The molecule has 2 aromatic rings. The molecule has 14 heavy (non-hydrogen) atoms. The fourth-order valence-electron chi connectivity index (χ4n) is 1.30. The zero-order valence-electron chi connectivity index (χ0n) is 8.03. The lowest BCUT2D eigenvalue weighted by Crippen LogP contribution is -1.90. The maximum Gasteiger partial charge on any atom is 0.137 e. The van der Waals surface area contributed by atoms with Gasteiger partial charge in [0.25, 0.3) is 0 Å². The number of aromatic amines is 1. The fraction of sp³-hybridized carbons (Fsp3) is 0.182. The number of hydrogen-bond acceptors (Lipinski definition) is 2. The van der Waals surface area contributed by atoms with Crippen LogP contribution in [0.15, 0.2) is 36.7 Å². The third kappa shape index (κ3) is 1.76. The third-order valence-electron chi connectivity index (χ3n) is 1.94. The predicted octanol–water partition coefficient (Wildman–Crippen LogP) is 2.48. The lowest BCUT2D eigenvalue weighted by atomic mass is 10.2. The minimum atomic E-state index is 0.695. The van der Waals surface area contributed by atoms with Gasteiger partial charge in [0, 0.05) is 18.0 Å². The van der Waals surface area contributed by atoms with Crippen molar-refractivity contribution in [1.29, 1.82) is 0 Å². The Morgan fingerprint density at radius 3 is 2.64 bits per heavy atom. The van der Waals surface area contributed by atoms with E-state index in [4.69, 9.17) is 4.74 Å². The van der Waals surface area contributed by atoms with E-state index in [1.165, 1.54) is 0 Å². The molecule has 0 saturated heterocycles. The molecule has 0 aliphatic heterocycles. The van der Waals surface area contributed by atoms with Crippen molar-refractivity contribution in [3.8, 4) is 17.1 Å². The van der Waals surface area contributed by atoms with Gasteiger partial charge in [-0.05, 0) is 31.2 Å². The van der Waals surface area contributed by atoms with Crippen molar-refractivity contribution in [1.82, 2.24) is 9.97 Å². The minimum absolute atomic E-state index is 0.695. The molecular formula is C11H12N2O. The van der Waals surface area contributed by atoms with Gasteiger partial charge in [0.05, 0.1) is 6.61 Å². The SMILES string of the molecule is CCOc1ccc(-c2ncc[nH]2)cc1. The molecule has 0 bridgehead atoms. The quantitative estimate of drug-likeness (QED) is 0.803. The van der Waals surface area contributed by atoms with E-state index in [2.05, 4.69) is 9.97 Å². The number of rotatable bonds is 3. The van der Waals surface area contributed by atoms with Gasteiger partial charge >= 0.3 is 0 Å². The number of nitrogens with zero attached hydrogens (tertiary/aromatic N) is 1. The number of benzene rings is 1. The first-order valence-electron chi connectivity index (χ1n) is 4.63. The van der Waals surface area contributed by atoms with Crippen LogP contribution in [0.5, 0.6) is 5.75 Å². The molecule has 0 radical (unpaired) electrons. The first-order chi connectivity index (χ1) is 6.90. The molecule has 0 aliphatic rings. The third-order valence-corrected chi connectivity index (χ3v) is 1.94. The smallest absolute Gasteiger partial charge is 0.137 e. The first-order valence-corrected chi connectivity index (χ1v) is 4.63. The zero-order chi connectivity index (χ0) is 9.80. The summed E-state index contributed by atoms with van der Waals surface area (Å²) in [5, 5.41) is 0. The zero-order valence-corrected chi connectivity index (χ0v) is 8.03. The Morgan fingerprint density at radius 1 is 1.29 bits per heavy atom. The topological polar surface area (TPSA) is 37.9 Å². The van der Waals surface area contributed by atoms with Crippen molar-refractivity contribution >= 4 is 0 Å². The summed E-state index contributed by atoms with van der Waals surface area (Å²) in [4.78, 5) is 7.22. The Labute approximate surface area is 82.8 Å². The van der Waals surface area contributed by atoms with Crippen LogP contribution in [-0.2, 0) is 0 Å². The van der Waals surface area contributed by atoms with Crippen molar-refractivity contribution in [2.45, 2.75) is 6.92 Å². The summed E-state index contributed by atoms with van der Waals surface area (Å²) in [5.74, 6) is 1.77. The lowest BCUT2D eigenvalue weighted by Gasteiger charge is -2.02. The van der Waals surface area contributed by atoms with Gasteiger partial charge in [0.2, 0.25) is 0 Å². The number of nitrogens with one attached hydrogen (secondary N) is 1. The van der Waals surface area contributed by atoms with E-state index in [0.717, 1.165) is 17.1 Å². The van der Waals surface area contributed by atoms with Gasteiger partial charge in [-0.3, -0.25) is 0 Å². The highest BCUT2D eigenvalue weighted by molar-refractivity contribution is 5.55. The average molecular weight is 188 g/mol. The molecule has 3 nitrogen and oxygen atoms in total. The Kier molecular flexibility index (Phi) is 2.49.